The van der Waals surface area contributed by atoms with Gasteiger partial charge in [-0.05, 0) is 43.1 Å². The summed E-state index contributed by atoms with van der Waals surface area (Å²) in [5, 5.41) is 21.7. The van der Waals surface area contributed by atoms with Gasteiger partial charge in [0.2, 0.25) is 5.82 Å². The summed E-state index contributed by atoms with van der Waals surface area (Å²) >= 11 is 0. The molecule has 2 fully saturated rings. The topological polar surface area (TPSA) is 122 Å². The van der Waals surface area contributed by atoms with Gasteiger partial charge in [0, 0.05) is 40.8 Å². The van der Waals surface area contributed by atoms with E-state index in [0.29, 0.717) is 23.4 Å². The van der Waals surface area contributed by atoms with E-state index >= 15 is 0 Å². The lowest BCUT2D eigenvalue weighted by Gasteiger charge is -2.11. The molecule has 9 heteroatoms. The van der Waals surface area contributed by atoms with Crippen LogP contribution in [0.3, 0.4) is 0 Å². The van der Waals surface area contributed by atoms with Crippen LogP contribution in [0.4, 0.5) is 22.0 Å². The van der Waals surface area contributed by atoms with Gasteiger partial charge in [0.1, 0.15) is 0 Å². The van der Waals surface area contributed by atoms with E-state index in [1.54, 1.807) is 36.7 Å². The van der Waals surface area contributed by atoms with Crippen molar-refractivity contribution in [2.45, 2.75) is 5.92 Å². The minimum Gasteiger partial charge on any atom is -0.316 e. The Morgan fingerprint density at radius 3 is 2.76 bits per heavy atom. The number of benzene rings is 1. The van der Waals surface area contributed by atoms with Crippen LogP contribution in [0, 0.1) is 22.0 Å². The van der Waals surface area contributed by atoms with Gasteiger partial charge < -0.3 is 10.6 Å². The van der Waals surface area contributed by atoms with Gasteiger partial charge in [0.25, 0.3) is 0 Å². The number of nitro groups is 1. The number of hydrogen-bond acceptors (Lipinski definition) is 6. The molecule has 1 saturated heterocycles. The highest BCUT2D eigenvalue weighted by molar-refractivity contribution is 6.06. The molecule has 29 heavy (non-hydrogen) atoms. The molecule has 1 aromatic carbocycles. The first-order valence-corrected chi connectivity index (χ1v) is 9.38. The number of aromatic nitrogens is 2. The van der Waals surface area contributed by atoms with Crippen LogP contribution in [0.25, 0.3) is 10.8 Å². The molecular formula is C20H18N6O3. The summed E-state index contributed by atoms with van der Waals surface area (Å²) in [4.78, 5) is 32.0. The summed E-state index contributed by atoms with van der Waals surface area (Å²) in [7, 11) is 0. The highest BCUT2D eigenvalue weighted by atomic mass is 16.6. The van der Waals surface area contributed by atoms with Crippen LogP contribution in [0.2, 0.25) is 0 Å². The van der Waals surface area contributed by atoms with Crippen molar-refractivity contribution >= 4 is 34.0 Å². The van der Waals surface area contributed by atoms with Crippen molar-refractivity contribution in [1.82, 2.24) is 15.3 Å². The number of nitrogens with zero attached hydrogens (tertiary/aromatic N) is 3. The minimum absolute atomic E-state index is 0.0372. The summed E-state index contributed by atoms with van der Waals surface area (Å²) in [5.74, 6) is 1.31. The Labute approximate surface area is 165 Å². The third kappa shape index (κ3) is 3.15. The number of piperidine rings is 1. The second-order valence-electron chi connectivity index (χ2n) is 7.35. The maximum atomic E-state index is 12.6. The number of carbonyl (C=O) groups excluding carboxylic acids is 1. The summed E-state index contributed by atoms with van der Waals surface area (Å²) in [6, 6.07) is 9.79. The normalized spacial score (nSPS) is 22.1. The molecule has 3 N–H and O–H groups in total. The molecule has 2 aromatic heterocycles. The molecule has 9 nitrogen and oxygen atoms in total. The maximum absolute atomic E-state index is 12.6. The van der Waals surface area contributed by atoms with E-state index in [1.165, 1.54) is 6.07 Å². The number of fused-ring (bicyclic) bond motifs is 2. The Balaban J connectivity index is 1.40. The first-order valence-electron chi connectivity index (χ1n) is 9.38. The van der Waals surface area contributed by atoms with E-state index in [-0.39, 0.29) is 11.5 Å². The Kier molecular flexibility index (Phi) is 4.09. The summed E-state index contributed by atoms with van der Waals surface area (Å²) in [6.45, 7) is 1.88. The highest BCUT2D eigenvalue weighted by Gasteiger charge is 2.54. The van der Waals surface area contributed by atoms with Crippen LogP contribution in [0.1, 0.15) is 11.6 Å². The molecule has 5 rings (SSSR count). The van der Waals surface area contributed by atoms with Crippen molar-refractivity contribution in [3.05, 3.63) is 64.6 Å². The molecule has 0 bridgehead atoms. The number of hydrogen-bond donors (Lipinski definition) is 3. The minimum atomic E-state index is -0.584. The summed E-state index contributed by atoms with van der Waals surface area (Å²) in [6.07, 6.45) is 3.35. The third-order valence-electron chi connectivity index (χ3n) is 5.69. The number of carbonyl (C=O) groups is 1. The summed E-state index contributed by atoms with van der Waals surface area (Å²) in [5.41, 5.74) is 1.15. The van der Waals surface area contributed by atoms with Crippen molar-refractivity contribution in [3.8, 4) is 0 Å². The lowest BCUT2D eigenvalue weighted by Crippen LogP contribution is -2.21. The molecule has 3 heterocycles. The predicted octanol–water partition coefficient (Wildman–Crippen LogP) is 3.11. The molecule has 3 aromatic rings. The van der Waals surface area contributed by atoms with Gasteiger partial charge in [-0.15, -0.1) is 0 Å². The zero-order chi connectivity index (χ0) is 20.0. The number of pyridine rings is 2. The second-order valence-corrected chi connectivity index (χ2v) is 7.35. The lowest BCUT2D eigenvalue weighted by molar-refractivity contribution is -0.384. The molecule has 1 saturated carbocycles. The zero-order valence-corrected chi connectivity index (χ0v) is 15.3. The first kappa shape index (κ1) is 17.5. The Morgan fingerprint density at radius 1 is 1.14 bits per heavy atom. The van der Waals surface area contributed by atoms with Crippen LogP contribution in [-0.4, -0.2) is 34.0 Å². The second kappa shape index (κ2) is 6.78. The zero-order valence-electron chi connectivity index (χ0n) is 15.3. The first-order chi connectivity index (χ1) is 14.1. The van der Waals surface area contributed by atoms with Crippen LogP contribution < -0.4 is 16.0 Å². The average molecular weight is 390 g/mol. The number of urea groups is 1. The smallest absolute Gasteiger partial charge is 0.316 e. The Morgan fingerprint density at radius 2 is 1.97 bits per heavy atom. The Hall–Kier alpha value is -3.59. The predicted molar refractivity (Wildman–Crippen MR) is 108 cm³/mol. The van der Waals surface area contributed by atoms with Gasteiger partial charge in [-0.25, -0.2) is 9.78 Å². The van der Waals surface area contributed by atoms with Crippen molar-refractivity contribution in [2.75, 3.05) is 23.7 Å². The van der Waals surface area contributed by atoms with Crippen molar-refractivity contribution in [3.63, 3.8) is 0 Å². The molecule has 0 radical (unpaired) electrons. The van der Waals surface area contributed by atoms with E-state index in [4.69, 9.17) is 0 Å². The standard InChI is InChI=1S/C20H18N6O3/c27-20(24-15-3-1-2-11-8-21-7-6-12(11)15)25-19-17(26(28)29)5-4-16(23-19)18-13-9-22-10-14(13)18/h1-8,13-14,18,22H,9-10H2,(H2,23,24,25,27). The fourth-order valence-corrected chi connectivity index (χ4v) is 4.24. The number of rotatable bonds is 4. The Bertz CT molecular complexity index is 1120. The van der Waals surface area contributed by atoms with E-state index in [1.807, 2.05) is 6.07 Å². The van der Waals surface area contributed by atoms with Gasteiger partial charge in [0.05, 0.1) is 10.6 Å². The van der Waals surface area contributed by atoms with Crippen LogP contribution in [0.5, 0.6) is 0 Å². The number of amides is 2. The van der Waals surface area contributed by atoms with Gasteiger partial charge in [0.15, 0.2) is 0 Å². The largest absolute Gasteiger partial charge is 0.325 e. The van der Waals surface area contributed by atoms with Crippen LogP contribution >= 0.6 is 0 Å². The molecule has 2 unspecified atom stereocenters. The molecular weight excluding hydrogens is 372 g/mol. The number of nitrogens with one attached hydrogen (secondary N) is 3. The molecule has 0 spiro atoms. The van der Waals surface area contributed by atoms with E-state index in [2.05, 4.69) is 25.9 Å². The van der Waals surface area contributed by atoms with E-state index in [0.717, 1.165) is 29.6 Å². The molecule has 1 aliphatic carbocycles. The molecule has 146 valence electrons. The highest BCUT2D eigenvalue weighted by Crippen LogP contribution is 2.55. The number of anilines is 2. The quantitative estimate of drug-likeness (QED) is 0.465. The van der Waals surface area contributed by atoms with E-state index < -0.39 is 11.0 Å². The SMILES string of the molecule is O=C(Nc1nc(C2C3CNCC32)ccc1[N+](=O)[O-])Nc1cccc2cnccc12. The van der Waals surface area contributed by atoms with E-state index in [9.17, 15) is 14.9 Å². The molecule has 2 atom stereocenters. The van der Waals surface area contributed by atoms with Crippen molar-refractivity contribution in [1.29, 1.82) is 0 Å². The molecule has 1 aliphatic heterocycles. The van der Waals surface area contributed by atoms with Gasteiger partial charge in [-0.1, -0.05) is 12.1 Å². The monoisotopic (exact) mass is 390 g/mol. The molecule has 2 amide bonds. The van der Waals surface area contributed by atoms with Gasteiger partial charge in [-0.2, -0.15) is 0 Å². The molecule has 2 aliphatic rings. The lowest BCUT2D eigenvalue weighted by atomic mass is 10.1. The van der Waals surface area contributed by atoms with Crippen LogP contribution in [-0.2, 0) is 0 Å². The summed E-state index contributed by atoms with van der Waals surface area (Å²) < 4.78 is 0. The third-order valence-corrected chi connectivity index (χ3v) is 5.69. The van der Waals surface area contributed by atoms with Crippen LogP contribution in [0.15, 0.2) is 48.8 Å². The fourth-order valence-electron chi connectivity index (χ4n) is 4.24. The van der Waals surface area contributed by atoms with Crippen molar-refractivity contribution < 1.29 is 9.72 Å². The van der Waals surface area contributed by atoms with Gasteiger partial charge in [-0.3, -0.25) is 20.4 Å². The average Bonchev–Trinajstić information content (AvgIpc) is 3.19. The van der Waals surface area contributed by atoms with Gasteiger partial charge >= 0.3 is 11.7 Å². The fraction of sp³-hybridized carbons (Fsp3) is 0.250. The maximum Gasteiger partial charge on any atom is 0.325 e. The van der Waals surface area contributed by atoms with Crippen molar-refractivity contribution in [2.24, 2.45) is 11.8 Å².